The molecule has 0 aliphatic carbocycles. The molecule has 7 heteroatoms. The summed E-state index contributed by atoms with van der Waals surface area (Å²) in [7, 11) is 0. The van der Waals surface area contributed by atoms with Gasteiger partial charge in [-0.05, 0) is 74.3 Å². The second-order valence-corrected chi connectivity index (χ2v) is 11.5. The molecule has 3 aliphatic rings. The molecule has 1 aromatic rings. The fourth-order valence-corrected chi connectivity index (χ4v) is 6.32. The van der Waals surface area contributed by atoms with E-state index < -0.39 is 6.23 Å². The Morgan fingerprint density at radius 3 is 2.82 bits per heavy atom. The monoisotopic (exact) mass is 537 g/mol. The van der Waals surface area contributed by atoms with Crippen LogP contribution in [-0.4, -0.2) is 71.8 Å². The Morgan fingerprint density at radius 2 is 2.13 bits per heavy atom. The number of rotatable bonds is 11. The molecule has 39 heavy (non-hydrogen) atoms. The fourth-order valence-electron chi connectivity index (χ4n) is 6.32. The van der Waals surface area contributed by atoms with E-state index in [1.807, 2.05) is 30.0 Å². The molecular formula is C32H47N3O4. The average molecular weight is 538 g/mol. The first-order valence-corrected chi connectivity index (χ1v) is 14.9. The predicted molar refractivity (Wildman–Crippen MR) is 155 cm³/mol. The van der Waals surface area contributed by atoms with Crippen molar-refractivity contribution >= 4 is 17.5 Å². The summed E-state index contributed by atoms with van der Waals surface area (Å²) in [5, 5.41) is 10.3. The van der Waals surface area contributed by atoms with E-state index in [4.69, 9.17) is 4.74 Å². The third-order valence-corrected chi connectivity index (χ3v) is 8.66. The zero-order valence-corrected chi connectivity index (χ0v) is 24.3. The van der Waals surface area contributed by atoms with E-state index in [1.54, 1.807) is 4.90 Å². The lowest BCUT2D eigenvalue weighted by Crippen LogP contribution is -2.44. The number of nitrogens with zero attached hydrogens (tertiary/aromatic N) is 3. The van der Waals surface area contributed by atoms with Gasteiger partial charge < -0.3 is 19.6 Å². The molecule has 2 amide bonds. The molecule has 0 radical (unpaired) electrons. The summed E-state index contributed by atoms with van der Waals surface area (Å²) < 4.78 is 5.77. The smallest absolute Gasteiger partial charge is 0.241 e. The predicted octanol–water partition coefficient (Wildman–Crippen LogP) is 5.04. The number of amides is 2. The summed E-state index contributed by atoms with van der Waals surface area (Å²) in [4.78, 5) is 32.0. The first-order chi connectivity index (χ1) is 18.8. The van der Waals surface area contributed by atoms with E-state index in [0.29, 0.717) is 44.3 Å². The topological polar surface area (TPSA) is 73.3 Å². The molecule has 4 rings (SSSR count). The van der Waals surface area contributed by atoms with Crippen molar-refractivity contribution in [2.24, 2.45) is 11.8 Å². The van der Waals surface area contributed by atoms with Gasteiger partial charge in [-0.1, -0.05) is 38.5 Å². The van der Waals surface area contributed by atoms with Crippen molar-refractivity contribution in [3.63, 3.8) is 0 Å². The number of anilines is 1. The van der Waals surface area contributed by atoms with Crippen LogP contribution in [0.15, 0.2) is 47.7 Å². The molecule has 3 unspecified atom stereocenters. The third kappa shape index (κ3) is 7.31. The van der Waals surface area contributed by atoms with E-state index in [1.165, 1.54) is 5.57 Å². The highest BCUT2D eigenvalue weighted by atomic mass is 16.5. The molecule has 3 aliphatic heterocycles. The van der Waals surface area contributed by atoms with Gasteiger partial charge in [-0.15, -0.1) is 0 Å². The average Bonchev–Trinajstić information content (AvgIpc) is 3.62. The number of hydrogen-bond acceptors (Lipinski definition) is 5. The summed E-state index contributed by atoms with van der Waals surface area (Å²) in [5.41, 5.74) is 3.39. The molecule has 0 aromatic heterocycles. The van der Waals surface area contributed by atoms with Crippen molar-refractivity contribution in [2.45, 2.75) is 84.9 Å². The molecule has 1 aromatic carbocycles. The first kappa shape index (κ1) is 29.3. The van der Waals surface area contributed by atoms with Gasteiger partial charge in [0.15, 0.2) is 0 Å². The van der Waals surface area contributed by atoms with Gasteiger partial charge in [0.05, 0.1) is 13.2 Å². The highest BCUT2D eigenvalue weighted by Gasteiger charge is 2.38. The number of carbonyl (C=O) groups is 2. The van der Waals surface area contributed by atoms with Crippen LogP contribution in [0.3, 0.4) is 0 Å². The number of benzene rings is 1. The largest absolute Gasteiger partial charge is 0.493 e. The molecular weight excluding hydrogens is 490 g/mol. The van der Waals surface area contributed by atoms with E-state index in [2.05, 4.69) is 43.9 Å². The minimum atomic E-state index is -0.680. The number of hydrogen-bond donors (Lipinski definition) is 1. The van der Waals surface area contributed by atoms with E-state index in [0.717, 1.165) is 62.3 Å². The number of carbonyl (C=O) groups excluding carboxylic acids is 2. The Bertz CT molecular complexity index is 1070. The highest BCUT2D eigenvalue weighted by molar-refractivity contribution is 5.95. The van der Waals surface area contributed by atoms with Crippen molar-refractivity contribution in [3.05, 3.63) is 53.3 Å². The number of ether oxygens (including phenoxy) is 1. The molecule has 7 nitrogen and oxygen atoms in total. The van der Waals surface area contributed by atoms with Crippen molar-refractivity contribution in [1.82, 2.24) is 9.80 Å². The molecule has 1 N–H and O–H groups in total. The number of unbranched alkanes of at least 4 members (excludes halogenated alkanes) is 1. The summed E-state index contributed by atoms with van der Waals surface area (Å²) in [6.07, 6.45) is 9.32. The maximum Gasteiger partial charge on any atom is 0.241 e. The highest BCUT2D eigenvalue weighted by Crippen LogP contribution is 2.35. The maximum absolute atomic E-state index is 13.8. The van der Waals surface area contributed by atoms with Gasteiger partial charge in [0, 0.05) is 50.6 Å². The number of aliphatic hydroxyl groups excluding tert-OH is 1. The number of allylic oxidation sites excluding steroid dienone is 3. The van der Waals surface area contributed by atoms with Crippen LogP contribution in [0.25, 0.3) is 0 Å². The summed E-state index contributed by atoms with van der Waals surface area (Å²) >= 11 is 0. The summed E-state index contributed by atoms with van der Waals surface area (Å²) in [5.74, 6) is 1.92. The van der Waals surface area contributed by atoms with Crippen LogP contribution in [0.1, 0.15) is 71.3 Å². The SMILES string of the molecule is C/C=C1/OCC/C1=C/C(C)C1C[C@H](CCN2C(=O)CCC2O)N(CC(=O)N(CCCC)c2cccc(C)c2)C1. The van der Waals surface area contributed by atoms with Gasteiger partial charge in [0.2, 0.25) is 11.8 Å². The number of aliphatic hydroxyl groups is 1. The van der Waals surface area contributed by atoms with Gasteiger partial charge in [-0.2, -0.15) is 0 Å². The van der Waals surface area contributed by atoms with Gasteiger partial charge in [-0.3, -0.25) is 14.5 Å². The van der Waals surface area contributed by atoms with Gasteiger partial charge >= 0.3 is 0 Å². The molecule has 3 saturated heterocycles. The Balaban J connectivity index is 1.50. The number of likely N-dealkylation sites (tertiary alicyclic amines) is 2. The molecule has 0 saturated carbocycles. The molecule has 4 atom stereocenters. The Kier molecular flexibility index (Phi) is 10.2. The van der Waals surface area contributed by atoms with Crippen molar-refractivity contribution in [2.75, 3.05) is 37.7 Å². The third-order valence-electron chi connectivity index (χ3n) is 8.66. The van der Waals surface area contributed by atoms with Crippen molar-refractivity contribution < 1.29 is 19.4 Å². The zero-order chi connectivity index (χ0) is 27.9. The van der Waals surface area contributed by atoms with Crippen LogP contribution in [0.5, 0.6) is 0 Å². The van der Waals surface area contributed by atoms with Crippen LogP contribution < -0.4 is 4.90 Å². The second kappa shape index (κ2) is 13.6. The van der Waals surface area contributed by atoms with Gasteiger partial charge in [-0.25, -0.2) is 0 Å². The standard InChI is InChI=1S/C32H47N3O4/c1-5-7-15-34(28-10-8-9-23(3)18-28)32(38)22-33-21-26(24(4)19-25-14-17-39-29(25)6-2)20-27(33)13-16-35-30(36)11-12-31(35)37/h6,8-10,18-19,24,26-27,30,36H,5,7,11-17,20-22H2,1-4H3/b25-19-,29-6+/t24?,26?,27-,30?/m0/s1. The first-order valence-electron chi connectivity index (χ1n) is 14.9. The molecule has 3 heterocycles. The lowest BCUT2D eigenvalue weighted by Gasteiger charge is -2.30. The van der Waals surface area contributed by atoms with Gasteiger partial charge in [0.25, 0.3) is 0 Å². The van der Waals surface area contributed by atoms with E-state index in [9.17, 15) is 14.7 Å². The second-order valence-electron chi connectivity index (χ2n) is 11.5. The maximum atomic E-state index is 13.8. The molecule has 0 spiro atoms. The van der Waals surface area contributed by atoms with Crippen LogP contribution in [0.2, 0.25) is 0 Å². The zero-order valence-electron chi connectivity index (χ0n) is 24.3. The number of aryl methyl sites for hydroxylation is 1. The molecule has 0 bridgehead atoms. The van der Waals surface area contributed by atoms with Crippen LogP contribution in [0.4, 0.5) is 5.69 Å². The quantitative estimate of drug-likeness (QED) is 0.428. The minimum absolute atomic E-state index is 0.0306. The lowest BCUT2D eigenvalue weighted by molar-refractivity contribution is -0.133. The molecule has 214 valence electrons. The normalized spacial score (nSPS) is 26.5. The summed E-state index contributed by atoms with van der Waals surface area (Å²) in [6.45, 7) is 11.7. The molecule has 3 fully saturated rings. The van der Waals surface area contributed by atoms with Crippen LogP contribution in [0, 0.1) is 18.8 Å². The summed E-state index contributed by atoms with van der Waals surface area (Å²) in [6, 6.07) is 8.39. The Hall–Kier alpha value is -2.64. The van der Waals surface area contributed by atoms with Gasteiger partial charge in [0.1, 0.15) is 12.0 Å². The Labute approximate surface area is 234 Å². The Morgan fingerprint density at radius 1 is 1.31 bits per heavy atom. The van der Waals surface area contributed by atoms with Crippen LogP contribution in [-0.2, 0) is 14.3 Å². The van der Waals surface area contributed by atoms with E-state index in [-0.39, 0.29) is 17.9 Å². The minimum Gasteiger partial charge on any atom is -0.493 e. The van der Waals surface area contributed by atoms with Crippen molar-refractivity contribution in [1.29, 1.82) is 0 Å². The van der Waals surface area contributed by atoms with E-state index >= 15 is 0 Å². The fraction of sp³-hybridized carbons (Fsp3) is 0.625. The van der Waals surface area contributed by atoms with Crippen molar-refractivity contribution in [3.8, 4) is 0 Å². The van der Waals surface area contributed by atoms with Crippen LogP contribution >= 0.6 is 0 Å². The lowest BCUT2D eigenvalue weighted by atomic mass is 9.89.